The molecule has 0 spiro atoms. The predicted molar refractivity (Wildman–Crippen MR) is 71.0 cm³/mol. The number of aromatic hydroxyl groups is 1. The Hall–Kier alpha value is -2.40. The molecular weight excluding hydrogens is 244 g/mol. The molecular formula is C14H14N2O3. The second-order valence-electron chi connectivity index (χ2n) is 4.05. The first-order chi connectivity index (χ1) is 9.11. The SMILES string of the molecule is CN(C(=O)c1cccc(CO)n1)c1ccc(O)cc1. The zero-order valence-electron chi connectivity index (χ0n) is 10.4. The Kier molecular flexibility index (Phi) is 3.77. The molecule has 1 aromatic carbocycles. The van der Waals surface area contributed by atoms with Crippen LogP contribution in [0.15, 0.2) is 42.5 Å². The number of aromatic nitrogens is 1. The summed E-state index contributed by atoms with van der Waals surface area (Å²) < 4.78 is 0. The minimum atomic E-state index is -0.277. The van der Waals surface area contributed by atoms with E-state index in [1.807, 2.05) is 0 Å². The van der Waals surface area contributed by atoms with Crippen molar-refractivity contribution < 1.29 is 15.0 Å². The Balaban J connectivity index is 2.25. The third kappa shape index (κ3) is 2.89. The van der Waals surface area contributed by atoms with Gasteiger partial charge in [-0.05, 0) is 36.4 Å². The smallest absolute Gasteiger partial charge is 0.276 e. The van der Waals surface area contributed by atoms with Gasteiger partial charge in [-0.2, -0.15) is 0 Å². The van der Waals surface area contributed by atoms with Crippen molar-refractivity contribution in [2.45, 2.75) is 6.61 Å². The molecule has 0 fully saturated rings. The molecule has 0 aliphatic carbocycles. The van der Waals surface area contributed by atoms with E-state index in [1.54, 1.807) is 37.4 Å². The molecule has 98 valence electrons. The van der Waals surface area contributed by atoms with E-state index in [-0.39, 0.29) is 24.0 Å². The van der Waals surface area contributed by atoms with Crippen LogP contribution in [0.3, 0.4) is 0 Å². The van der Waals surface area contributed by atoms with Gasteiger partial charge < -0.3 is 15.1 Å². The van der Waals surface area contributed by atoms with Crippen LogP contribution in [-0.4, -0.2) is 28.2 Å². The Morgan fingerprint density at radius 1 is 1.21 bits per heavy atom. The number of phenols is 1. The van der Waals surface area contributed by atoms with Crippen molar-refractivity contribution in [3.8, 4) is 5.75 Å². The number of aliphatic hydroxyl groups is 1. The maximum absolute atomic E-state index is 12.2. The van der Waals surface area contributed by atoms with Gasteiger partial charge in [0.1, 0.15) is 11.4 Å². The number of hydrogen-bond acceptors (Lipinski definition) is 4. The molecule has 1 aromatic heterocycles. The van der Waals surface area contributed by atoms with Crippen molar-refractivity contribution in [2.24, 2.45) is 0 Å². The van der Waals surface area contributed by atoms with Gasteiger partial charge in [-0.3, -0.25) is 4.79 Å². The normalized spacial score (nSPS) is 10.2. The lowest BCUT2D eigenvalue weighted by atomic mass is 10.2. The fraction of sp³-hybridized carbons (Fsp3) is 0.143. The molecule has 0 aliphatic heterocycles. The van der Waals surface area contributed by atoms with Gasteiger partial charge in [0.25, 0.3) is 5.91 Å². The van der Waals surface area contributed by atoms with Crippen LogP contribution in [0, 0.1) is 0 Å². The van der Waals surface area contributed by atoms with E-state index in [9.17, 15) is 9.90 Å². The molecule has 1 amide bonds. The van der Waals surface area contributed by atoms with Crippen molar-refractivity contribution in [3.63, 3.8) is 0 Å². The molecule has 0 radical (unpaired) electrons. The summed E-state index contributed by atoms with van der Waals surface area (Å²) in [5.41, 5.74) is 1.37. The zero-order valence-corrected chi connectivity index (χ0v) is 10.4. The van der Waals surface area contributed by atoms with E-state index in [0.29, 0.717) is 11.4 Å². The highest BCUT2D eigenvalue weighted by molar-refractivity contribution is 6.04. The molecule has 0 saturated carbocycles. The summed E-state index contributed by atoms with van der Waals surface area (Å²) in [7, 11) is 1.63. The number of anilines is 1. The highest BCUT2D eigenvalue weighted by Crippen LogP contribution is 2.18. The Labute approximate surface area is 110 Å². The number of phenolic OH excluding ortho intramolecular Hbond substituents is 1. The number of benzene rings is 1. The van der Waals surface area contributed by atoms with Gasteiger partial charge in [0.15, 0.2) is 0 Å². The molecule has 19 heavy (non-hydrogen) atoms. The van der Waals surface area contributed by atoms with Gasteiger partial charge in [-0.15, -0.1) is 0 Å². The molecule has 0 unspecified atom stereocenters. The molecule has 5 nitrogen and oxygen atoms in total. The number of hydrogen-bond donors (Lipinski definition) is 2. The van der Waals surface area contributed by atoms with Crippen LogP contribution in [0.5, 0.6) is 5.75 Å². The lowest BCUT2D eigenvalue weighted by Gasteiger charge is -2.17. The first kappa shape index (κ1) is 13.0. The minimum absolute atomic E-state index is 0.144. The van der Waals surface area contributed by atoms with Gasteiger partial charge in [0.05, 0.1) is 12.3 Å². The average Bonchev–Trinajstić information content (AvgIpc) is 2.46. The van der Waals surface area contributed by atoms with Crippen molar-refractivity contribution >= 4 is 11.6 Å². The van der Waals surface area contributed by atoms with Crippen molar-refractivity contribution in [2.75, 3.05) is 11.9 Å². The van der Waals surface area contributed by atoms with Crippen LogP contribution in [0.2, 0.25) is 0 Å². The minimum Gasteiger partial charge on any atom is -0.508 e. The summed E-state index contributed by atoms with van der Waals surface area (Å²) in [5, 5.41) is 18.2. The van der Waals surface area contributed by atoms with Crippen molar-refractivity contribution in [1.82, 2.24) is 4.98 Å². The lowest BCUT2D eigenvalue weighted by Crippen LogP contribution is -2.27. The van der Waals surface area contributed by atoms with Crippen LogP contribution < -0.4 is 4.90 Å². The number of carbonyl (C=O) groups excluding carboxylic acids is 1. The third-order valence-electron chi connectivity index (χ3n) is 2.73. The van der Waals surface area contributed by atoms with Gasteiger partial charge >= 0.3 is 0 Å². The number of nitrogens with zero attached hydrogens (tertiary/aromatic N) is 2. The zero-order chi connectivity index (χ0) is 13.8. The van der Waals surface area contributed by atoms with Gasteiger partial charge in [0, 0.05) is 12.7 Å². The summed E-state index contributed by atoms with van der Waals surface area (Å²) in [6, 6.07) is 11.2. The Morgan fingerprint density at radius 2 is 1.89 bits per heavy atom. The lowest BCUT2D eigenvalue weighted by molar-refractivity contribution is 0.0987. The molecule has 0 saturated heterocycles. The van der Waals surface area contributed by atoms with Crippen LogP contribution >= 0.6 is 0 Å². The number of pyridine rings is 1. The topological polar surface area (TPSA) is 73.7 Å². The summed E-state index contributed by atoms with van der Waals surface area (Å²) in [6.45, 7) is -0.204. The first-order valence-corrected chi connectivity index (χ1v) is 5.75. The first-order valence-electron chi connectivity index (χ1n) is 5.75. The van der Waals surface area contributed by atoms with E-state index in [4.69, 9.17) is 5.11 Å². The molecule has 5 heteroatoms. The molecule has 2 aromatic rings. The van der Waals surface area contributed by atoms with E-state index >= 15 is 0 Å². The maximum atomic E-state index is 12.2. The van der Waals surface area contributed by atoms with E-state index in [1.165, 1.54) is 17.0 Å². The summed E-state index contributed by atoms with van der Waals surface area (Å²) >= 11 is 0. The molecule has 2 N–H and O–H groups in total. The third-order valence-corrected chi connectivity index (χ3v) is 2.73. The van der Waals surface area contributed by atoms with Crippen LogP contribution in [-0.2, 0) is 6.61 Å². The van der Waals surface area contributed by atoms with Crippen LogP contribution in [0.1, 0.15) is 16.2 Å². The fourth-order valence-electron chi connectivity index (χ4n) is 1.65. The summed E-state index contributed by atoms with van der Waals surface area (Å²) in [6.07, 6.45) is 0. The number of aliphatic hydroxyl groups excluding tert-OH is 1. The van der Waals surface area contributed by atoms with Crippen LogP contribution in [0.4, 0.5) is 5.69 Å². The molecule has 0 bridgehead atoms. The fourth-order valence-corrected chi connectivity index (χ4v) is 1.65. The van der Waals surface area contributed by atoms with Crippen LogP contribution in [0.25, 0.3) is 0 Å². The monoisotopic (exact) mass is 258 g/mol. The van der Waals surface area contributed by atoms with E-state index in [2.05, 4.69) is 4.98 Å². The largest absolute Gasteiger partial charge is 0.508 e. The Bertz CT molecular complexity index is 581. The standard InChI is InChI=1S/C14H14N2O3/c1-16(11-5-7-12(18)8-6-11)14(19)13-4-2-3-10(9-17)15-13/h2-8,17-18H,9H2,1H3. The highest BCUT2D eigenvalue weighted by atomic mass is 16.3. The van der Waals surface area contributed by atoms with Gasteiger partial charge in [0.2, 0.25) is 0 Å². The quantitative estimate of drug-likeness (QED) is 0.876. The molecule has 1 heterocycles. The second-order valence-corrected chi connectivity index (χ2v) is 4.05. The predicted octanol–water partition coefficient (Wildman–Crippen LogP) is 1.56. The second kappa shape index (κ2) is 5.49. The maximum Gasteiger partial charge on any atom is 0.276 e. The number of rotatable bonds is 3. The van der Waals surface area contributed by atoms with Crippen molar-refractivity contribution in [3.05, 3.63) is 53.9 Å². The number of carbonyl (C=O) groups is 1. The van der Waals surface area contributed by atoms with Crippen molar-refractivity contribution in [1.29, 1.82) is 0 Å². The summed E-state index contributed by atoms with van der Waals surface area (Å²) in [5.74, 6) is -0.133. The molecule has 2 rings (SSSR count). The van der Waals surface area contributed by atoms with E-state index < -0.39 is 0 Å². The van der Waals surface area contributed by atoms with Gasteiger partial charge in [-0.1, -0.05) is 6.07 Å². The molecule has 0 aliphatic rings. The van der Waals surface area contributed by atoms with E-state index in [0.717, 1.165) is 0 Å². The molecule has 0 atom stereocenters. The number of amides is 1. The average molecular weight is 258 g/mol. The Morgan fingerprint density at radius 3 is 2.53 bits per heavy atom. The highest BCUT2D eigenvalue weighted by Gasteiger charge is 2.15. The summed E-state index contributed by atoms with van der Waals surface area (Å²) in [4.78, 5) is 17.7. The van der Waals surface area contributed by atoms with Gasteiger partial charge in [-0.25, -0.2) is 4.98 Å².